The molecular weight excluding hydrogens is 360 g/mol. The molecule has 148 valence electrons. The summed E-state index contributed by atoms with van der Waals surface area (Å²) in [4.78, 5) is 49.5. The Bertz CT molecular complexity index is 557. The van der Waals surface area contributed by atoms with E-state index >= 15 is 0 Å². The Balaban J connectivity index is 2.69. The lowest BCUT2D eigenvalue weighted by molar-refractivity contribution is -0.144. The van der Waals surface area contributed by atoms with Crippen LogP contribution in [0.4, 0.5) is 0 Å². The number of carboxylic acids is 1. The molecule has 1 heterocycles. The number of carbonyl (C=O) groups excluding carboxylic acids is 3. The molecular formula is C16H28N4O5S. The van der Waals surface area contributed by atoms with Crippen molar-refractivity contribution < 1.29 is 24.3 Å². The molecule has 1 fully saturated rings. The summed E-state index contributed by atoms with van der Waals surface area (Å²) in [5.41, 5.74) is 5.70. The first-order valence-electron chi connectivity index (χ1n) is 8.60. The summed E-state index contributed by atoms with van der Waals surface area (Å²) >= 11 is 4.00. The largest absolute Gasteiger partial charge is 0.480 e. The Morgan fingerprint density at radius 2 is 1.85 bits per heavy atom. The normalized spacial score (nSPS) is 20.4. The number of carbonyl (C=O) groups is 4. The minimum atomic E-state index is -1.14. The fourth-order valence-electron chi connectivity index (χ4n) is 2.76. The van der Waals surface area contributed by atoms with Crippen LogP contribution in [0.5, 0.6) is 0 Å². The minimum absolute atomic E-state index is 0.175. The molecule has 0 aliphatic carbocycles. The number of nitrogens with zero attached hydrogens (tertiary/aromatic N) is 1. The van der Waals surface area contributed by atoms with Crippen molar-refractivity contribution in [1.82, 2.24) is 15.5 Å². The van der Waals surface area contributed by atoms with E-state index in [0.29, 0.717) is 19.4 Å². The first-order valence-corrected chi connectivity index (χ1v) is 9.23. The third-order valence-electron chi connectivity index (χ3n) is 4.33. The second-order valence-corrected chi connectivity index (χ2v) is 7.14. The number of hydrogen-bond acceptors (Lipinski definition) is 6. The fraction of sp³-hybridized carbons (Fsp3) is 0.750. The van der Waals surface area contributed by atoms with Gasteiger partial charge in [-0.2, -0.15) is 12.6 Å². The average Bonchev–Trinajstić information content (AvgIpc) is 3.06. The quantitative estimate of drug-likeness (QED) is 0.336. The number of nitrogens with one attached hydrogen (secondary N) is 2. The fourth-order valence-corrected chi connectivity index (χ4v) is 2.92. The molecule has 1 saturated heterocycles. The molecule has 3 amide bonds. The third kappa shape index (κ3) is 5.60. The van der Waals surface area contributed by atoms with Gasteiger partial charge in [-0.15, -0.1) is 0 Å². The van der Waals surface area contributed by atoms with Crippen molar-refractivity contribution >= 4 is 36.3 Å². The van der Waals surface area contributed by atoms with Crippen LogP contribution in [0.3, 0.4) is 0 Å². The number of thiol groups is 1. The Morgan fingerprint density at radius 1 is 1.23 bits per heavy atom. The summed E-state index contributed by atoms with van der Waals surface area (Å²) in [7, 11) is 0. The van der Waals surface area contributed by atoms with Gasteiger partial charge in [0, 0.05) is 12.3 Å². The first kappa shape index (κ1) is 22.2. The van der Waals surface area contributed by atoms with Crippen LogP contribution < -0.4 is 16.4 Å². The number of hydrogen-bond donors (Lipinski definition) is 5. The van der Waals surface area contributed by atoms with Gasteiger partial charge in [0.1, 0.15) is 18.1 Å². The second-order valence-electron chi connectivity index (χ2n) is 6.78. The van der Waals surface area contributed by atoms with Crippen molar-refractivity contribution in [2.75, 3.05) is 12.3 Å². The molecule has 1 rings (SSSR count). The molecule has 0 saturated carbocycles. The summed E-state index contributed by atoms with van der Waals surface area (Å²) in [6.07, 6.45) is 1.15. The monoisotopic (exact) mass is 388 g/mol. The van der Waals surface area contributed by atoms with Crippen LogP contribution in [0.1, 0.15) is 33.6 Å². The molecule has 0 spiro atoms. The second kappa shape index (κ2) is 9.77. The molecule has 5 N–H and O–H groups in total. The SMILES string of the molecule is CC(NC(=O)C1CCCN1C(=O)C(N)CS)C(=O)NC(C(=O)O)C(C)C. The number of rotatable bonds is 8. The molecule has 1 aliphatic rings. The van der Waals surface area contributed by atoms with Crippen LogP contribution in [0.25, 0.3) is 0 Å². The van der Waals surface area contributed by atoms with E-state index in [0.717, 1.165) is 0 Å². The van der Waals surface area contributed by atoms with E-state index in [2.05, 4.69) is 23.3 Å². The molecule has 0 aromatic rings. The van der Waals surface area contributed by atoms with Gasteiger partial charge < -0.3 is 26.4 Å². The van der Waals surface area contributed by atoms with Crippen LogP contribution in [-0.2, 0) is 19.2 Å². The summed E-state index contributed by atoms with van der Waals surface area (Å²) in [5.74, 6) is -2.66. The lowest BCUT2D eigenvalue weighted by Gasteiger charge is -2.27. The van der Waals surface area contributed by atoms with Gasteiger partial charge in [0.25, 0.3) is 0 Å². The Kier molecular flexibility index (Phi) is 8.35. The standard InChI is InChI=1S/C16H28N4O5S/c1-8(2)12(16(24)25)19-13(21)9(3)18-14(22)11-5-4-6-20(11)15(23)10(17)7-26/h8-12,26H,4-7,17H2,1-3H3,(H,18,22)(H,19,21)(H,24,25). The van der Waals surface area contributed by atoms with Crippen LogP contribution in [0.15, 0.2) is 0 Å². The van der Waals surface area contributed by atoms with E-state index in [1.54, 1.807) is 13.8 Å². The maximum absolute atomic E-state index is 12.5. The molecule has 1 aliphatic heterocycles. The summed E-state index contributed by atoms with van der Waals surface area (Å²) in [6, 6.07) is -3.45. The highest BCUT2D eigenvalue weighted by Crippen LogP contribution is 2.18. The van der Waals surface area contributed by atoms with E-state index in [-0.39, 0.29) is 17.6 Å². The van der Waals surface area contributed by atoms with Crippen LogP contribution in [0.2, 0.25) is 0 Å². The zero-order valence-electron chi connectivity index (χ0n) is 15.3. The Morgan fingerprint density at radius 3 is 2.35 bits per heavy atom. The number of likely N-dealkylation sites (tertiary alicyclic amines) is 1. The van der Waals surface area contributed by atoms with Gasteiger partial charge in [-0.1, -0.05) is 13.8 Å². The first-order chi connectivity index (χ1) is 12.1. The molecule has 0 bridgehead atoms. The average molecular weight is 388 g/mol. The van der Waals surface area contributed by atoms with Gasteiger partial charge in [-0.25, -0.2) is 4.79 Å². The molecule has 26 heavy (non-hydrogen) atoms. The van der Waals surface area contributed by atoms with Crippen molar-refractivity contribution in [3.8, 4) is 0 Å². The van der Waals surface area contributed by atoms with Crippen molar-refractivity contribution in [3.63, 3.8) is 0 Å². The predicted octanol–water partition coefficient (Wildman–Crippen LogP) is -1.04. The summed E-state index contributed by atoms with van der Waals surface area (Å²) < 4.78 is 0. The number of aliphatic carboxylic acids is 1. The van der Waals surface area contributed by atoms with E-state index in [9.17, 15) is 19.2 Å². The smallest absolute Gasteiger partial charge is 0.326 e. The number of carboxylic acid groups (broad SMARTS) is 1. The third-order valence-corrected chi connectivity index (χ3v) is 4.73. The van der Waals surface area contributed by atoms with Crippen LogP contribution >= 0.6 is 12.6 Å². The van der Waals surface area contributed by atoms with Gasteiger partial charge in [0.05, 0.1) is 6.04 Å². The lowest BCUT2D eigenvalue weighted by atomic mass is 10.0. The zero-order valence-corrected chi connectivity index (χ0v) is 16.2. The van der Waals surface area contributed by atoms with Crippen LogP contribution in [0, 0.1) is 5.92 Å². The predicted molar refractivity (Wildman–Crippen MR) is 98.6 cm³/mol. The van der Waals surface area contributed by atoms with Gasteiger partial charge in [0.2, 0.25) is 17.7 Å². The maximum atomic E-state index is 12.5. The Hall–Kier alpha value is -1.81. The maximum Gasteiger partial charge on any atom is 0.326 e. The van der Waals surface area contributed by atoms with E-state index in [1.807, 2.05) is 0 Å². The summed E-state index contributed by atoms with van der Waals surface area (Å²) in [5, 5.41) is 14.1. The Labute approximate surface area is 158 Å². The van der Waals surface area contributed by atoms with Gasteiger partial charge in [-0.3, -0.25) is 14.4 Å². The molecule has 4 atom stereocenters. The zero-order chi connectivity index (χ0) is 20.0. The highest BCUT2D eigenvalue weighted by molar-refractivity contribution is 7.80. The van der Waals surface area contributed by atoms with Crippen molar-refractivity contribution in [2.24, 2.45) is 11.7 Å². The van der Waals surface area contributed by atoms with Crippen LogP contribution in [-0.4, -0.2) is 70.2 Å². The van der Waals surface area contributed by atoms with Crippen molar-refractivity contribution in [1.29, 1.82) is 0 Å². The van der Waals surface area contributed by atoms with E-state index < -0.39 is 42.0 Å². The van der Waals surface area contributed by atoms with Gasteiger partial charge in [-0.05, 0) is 25.7 Å². The number of nitrogens with two attached hydrogens (primary N) is 1. The van der Waals surface area contributed by atoms with E-state index in [4.69, 9.17) is 10.8 Å². The lowest BCUT2D eigenvalue weighted by Crippen LogP contribution is -2.56. The molecule has 9 nitrogen and oxygen atoms in total. The van der Waals surface area contributed by atoms with Gasteiger partial charge in [0.15, 0.2) is 0 Å². The molecule has 4 unspecified atom stereocenters. The highest BCUT2D eigenvalue weighted by atomic mass is 32.1. The highest BCUT2D eigenvalue weighted by Gasteiger charge is 2.37. The number of amides is 3. The van der Waals surface area contributed by atoms with E-state index in [1.165, 1.54) is 11.8 Å². The summed E-state index contributed by atoms with van der Waals surface area (Å²) in [6.45, 7) is 5.24. The molecule has 0 radical (unpaired) electrons. The van der Waals surface area contributed by atoms with Crippen molar-refractivity contribution in [2.45, 2.75) is 57.8 Å². The minimum Gasteiger partial charge on any atom is -0.480 e. The van der Waals surface area contributed by atoms with Crippen molar-refractivity contribution in [3.05, 3.63) is 0 Å². The molecule has 0 aromatic carbocycles. The molecule has 10 heteroatoms. The van der Waals surface area contributed by atoms with Gasteiger partial charge >= 0.3 is 5.97 Å². The topological polar surface area (TPSA) is 142 Å². The molecule has 0 aromatic heterocycles.